The maximum Gasteiger partial charge on any atom is 0.251 e. The van der Waals surface area contributed by atoms with Crippen LogP contribution in [-0.4, -0.2) is 36.6 Å². The average Bonchev–Trinajstić information content (AvgIpc) is 2.60. The molecule has 0 bridgehead atoms. The van der Waals surface area contributed by atoms with Crippen LogP contribution >= 0.6 is 0 Å². The van der Waals surface area contributed by atoms with Gasteiger partial charge in [0.25, 0.3) is 5.91 Å². The van der Waals surface area contributed by atoms with Gasteiger partial charge in [0, 0.05) is 43.9 Å². The molecule has 132 valence electrons. The molecule has 0 saturated carbocycles. The monoisotopic (exact) mass is 341 g/mol. The number of nitrogens with zero attached hydrogens (tertiary/aromatic N) is 1. The van der Waals surface area contributed by atoms with E-state index in [9.17, 15) is 9.59 Å². The van der Waals surface area contributed by atoms with Crippen molar-refractivity contribution in [3.8, 4) is 11.3 Å². The number of pyridine rings is 1. The summed E-state index contributed by atoms with van der Waals surface area (Å²) in [4.78, 5) is 27.5. The zero-order chi connectivity index (χ0) is 18.2. The maximum atomic E-state index is 12.1. The van der Waals surface area contributed by atoms with E-state index in [-0.39, 0.29) is 17.9 Å². The summed E-state index contributed by atoms with van der Waals surface area (Å²) in [5.41, 5.74) is 3.26. The van der Waals surface area contributed by atoms with Crippen LogP contribution in [0.2, 0.25) is 0 Å². The molecule has 0 fully saturated rings. The lowest BCUT2D eigenvalue weighted by Gasteiger charge is -2.12. The highest BCUT2D eigenvalue weighted by Crippen LogP contribution is 2.18. The van der Waals surface area contributed by atoms with Crippen LogP contribution in [0, 0.1) is 0 Å². The minimum Gasteiger partial charge on any atom is -0.383 e. The van der Waals surface area contributed by atoms with Crippen molar-refractivity contribution in [1.82, 2.24) is 15.6 Å². The number of methoxy groups -OCH3 is 1. The van der Waals surface area contributed by atoms with Gasteiger partial charge >= 0.3 is 0 Å². The van der Waals surface area contributed by atoms with Crippen molar-refractivity contribution in [3.63, 3.8) is 0 Å². The number of hydrogen-bond donors (Lipinski definition) is 2. The van der Waals surface area contributed by atoms with Crippen LogP contribution < -0.4 is 10.6 Å². The van der Waals surface area contributed by atoms with E-state index in [1.807, 2.05) is 31.2 Å². The lowest BCUT2D eigenvalue weighted by atomic mass is 10.1. The minimum atomic E-state index is -0.130. The van der Waals surface area contributed by atoms with Crippen molar-refractivity contribution in [2.24, 2.45) is 0 Å². The molecule has 0 aliphatic carbocycles. The van der Waals surface area contributed by atoms with E-state index in [1.165, 1.54) is 6.92 Å². The standard InChI is InChI=1S/C19H23N3O3/c1-13(12-25-3)22-19(24)17-7-5-16(6-8-17)18-9-4-15(11-21-18)10-20-14(2)23/h4-9,11,13H,10,12H2,1-3H3,(H,20,23)(H,22,24)/t13-/m1/s1. The average molecular weight is 341 g/mol. The highest BCUT2D eigenvalue weighted by atomic mass is 16.5. The maximum absolute atomic E-state index is 12.1. The molecule has 1 atom stereocenters. The van der Waals surface area contributed by atoms with E-state index in [0.29, 0.717) is 18.7 Å². The quantitative estimate of drug-likeness (QED) is 0.809. The van der Waals surface area contributed by atoms with Gasteiger partial charge in [0.05, 0.1) is 12.3 Å². The minimum absolute atomic E-state index is 0.0463. The summed E-state index contributed by atoms with van der Waals surface area (Å²) in [5.74, 6) is -0.201. The molecule has 0 saturated heterocycles. The number of carbonyl (C=O) groups is 2. The van der Waals surface area contributed by atoms with Gasteiger partial charge in [-0.25, -0.2) is 0 Å². The molecule has 0 aliphatic rings. The number of benzene rings is 1. The van der Waals surface area contributed by atoms with Gasteiger partial charge in [-0.3, -0.25) is 14.6 Å². The zero-order valence-electron chi connectivity index (χ0n) is 14.7. The largest absolute Gasteiger partial charge is 0.383 e. The predicted octanol–water partition coefficient (Wildman–Crippen LogP) is 2.15. The number of aromatic nitrogens is 1. The molecule has 25 heavy (non-hydrogen) atoms. The molecule has 2 aromatic rings. The Labute approximate surface area is 147 Å². The Bertz CT molecular complexity index is 712. The molecule has 1 aromatic heterocycles. The lowest BCUT2D eigenvalue weighted by molar-refractivity contribution is -0.119. The van der Waals surface area contributed by atoms with Crippen molar-refractivity contribution in [2.75, 3.05) is 13.7 Å². The van der Waals surface area contributed by atoms with Crippen molar-refractivity contribution >= 4 is 11.8 Å². The molecule has 0 radical (unpaired) electrons. The first-order valence-electron chi connectivity index (χ1n) is 8.09. The Kier molecular flexibility index (Phi) is 6.65. The molecule has 2 N–H and O–H groups in total. The second-order valence-corrected chi connectivity index (χ2v) is 5.87. The summed E-state index contributed by atoms with van der Waals surface area (Å²) >= 11 is 0. The summed E-state index contributed by atoms with van der Waals surface area (Å²) in [6, 6.07) is 11.1. The van der Waals surface area contributed by atoms with Crippen LogP contribution in [0.1, 0.15) is 29.8 Å². The first kappa shape index (κ1) is 18.6. The Morgan fingerprint density at radius 3 is 2.44 bits per heavy atom. The zero-order valence-corrected chi connectivity index (χ0v) is 14.7. The number of rotatable bonds is 7. The normalized spacial score (nSPS) is 11.6. The molecule has 1 aromatic carbocycles. The fraction of sp³-hybridized carbons (Fsp3) is 0.316. The van der Waals surface area contributed by atoms with Gasteiger partial charge in [0.15, 0.2) is 0 Å². The SMILES string of the molecule is COC[C@@H](C)NC(=O)c1ccc(-c2ccc(CNC(C)=O)cn2)cc1. The number of nitrogens with one attached hydrogen (secondary N) is 2. The van der Waals surface area contributed by atoms with E-state index in [2.05, 4.69) is 15.6 Å². The van der Waals surface area contributed by atoms with Gasteiger partial charge in [-0.05, 0) is 30.7 Å². The van der Waals surface area contributed by atoms with Gasteiger partial charge in [-0.15, -0.1) is 0 Å². The fourth-order valence-electron chi connectivity index (χ4n) is 2.32. The molecule has 0 unspecified atom stereocenters. The van der Waals surface area contributed by atoms with E-state index in [4.69, 9.17) is 4.74 Å². The molecule has 0 aliphatic heterocycles. The van der Waals surface area contributed by atoms with Crippen LogP contribution in [0.15, 0.2) is 42.6 Å². The molecule has 6 nitrogen and oxygen atoms in total. The van der Waals surface area contributed by atoms with Crippen LogP contribution in [0.25, 0.3) is 11.3 Å². The number of hydrogen-bond acceptors (Lipinski definition) is 4. The van der Waals surface area contributed by atoms with Crippen molar-refractivity contribution < 1.29 is 14.3 Å². The van der Waals surface area contributed by atoms with E-state index < -0.39 is 0 Å². The van der Waals surface area contributed by atoms with Crippen LogP contribution in [0.4, 0.5) is 0 Å². The molecular weight excluding hydrogens is 318 g/mol. The fourth-order valence-corrected chi connectivity index (χ4v) is 2.32. The number of carbonyl (C=O) groups excluding carboxylic acids is 2. The first-order valence-corrected chi connectivity index (χ1v) is 8.09. The topological polar surface area (TPSA) is 80.3 Å². The van der Waals surface area contributed by atoms with E-state index >= 15 is 0 Å². The molecule has 2 amide bonds. The number of ether oxygens (including phenoxy) is 1. The van der Waals surface area contributed by atoms with Crippen molar-refractivity contribution in [1.29, 1.82) is 0 Å². The number of amides is 2. The Morgan fingerprint density at radius 1 is 1.16 bits per heavy atom. The Hall–Kier alpha value is -2.73. The summed E-state index contributed by atoms with van der Waals surface area (Å²) in [7, 11) is 1.60. The first-order chi connectivity index (χ1) is 12.0. The third kappa shape index (κ3) is 5.69. The molecule has 2 rings (SSSR count). The summed E-state index contributed by atoms with van der Waals surface area (Å²) in [6.45, 7) is 4.30. The summed E-state index contributed by atoms with van der Waals surface area (Å²) < 4.78 is 5.01. The van der Waals surface area contributed by atoms with E-state index in [1.54, 1.807) is 25.4 Å². The molecular formula is C19H23N3O3. The molecule has 0 spiro atoms. The predicted molar refractivity (Wildman–Crippen MR) is 96.0 cm³/mol. The highest BCUT2D eigenvalue weighted by Gasteiger charge is 2.10. The third-order valence-corrected chi connectivity index (χ3v) is 3.60. The van der Waals surface area contributed by atoms with Crippen LogP contribution in [0.5, 0.6) is 0 Å². The van der Waals surface area contributed by atoms with Gasteiger partial charge in [0.2, 0.25) is 5.91 Å². The molecule has 1 heterocycles. The van der Waals surface area contributed by atoms with Crippen molar-refractivity contribution in [2.45, 2.75) is 26.4 Å². The second kappa shape index (κ2) is 8.94. The van der Waals surface area contributed by atoms with Gasteiger partial charge in [-0.2, -0.15) is 0 Å². The van der Waals surface area contributed by atoms with E-state index in [0.717, 1.165) is 16.8 Å². The van der Waals surface area contributed by atoms with Crippen LogP contribution in [0.3, 0.4) is 0 Å². The smallest absolute Gasteiger partial charge is 0.251 e. The van der Waals surface area contributed by atoms with Crippen LogP contribution in [-0.2, 0) is 16.1 Å². The summed E-state index contributed by atoms with van der Waals surface area (Å²) in [5, 5.41) is 5.61. The van der Waals surface area contributed by atoms with Gasteiger partial charge in [0.1, 0.15) is 0 Å². The third-order valence-electron chi connectivity index (χ3n) is 3.60. The Morgan fingerprint density at radius 2 is 1.88 bits per heavy atom. The van der Waals surface area contributed by atoms with Crippen molar-refractivity contribution in [3.05, 3.63) is 53.7 Å². The second-order valence-electron chi connectivity index (χ2n) is 5.87. The Balaban J connectivity index is 2.01. The molecule has 6 heteroatoms. The highest BCUT2D eigenvalue weighted by molar-refractivity contribution is 5.94. The van der Waals surface area contributed by atoms with Gasteiger partial charge < -0.3 is 15.4 Å². The summed E-state index contributed by atoms with van der Waals surface area (Å²) in [6.07, 6.45) is 1.73. The lowest BCUT2D eigenvalue weighted by Crippen LogP contribution is -2.35. The van der Waals surface area contributed by atoms with Gasteiger partial charge in [-0.1, -0.05) is 18.2 Å².